The third-order valence-corrected chi connectivity index (χ3v) is 11.4. The number of likely N-dealkylation sites (tertiary alicyclic amines) is 1. The zero-order valence-electron chi connectivity index (χ0n) is 26.8. The Morgan fingerprint density at radius 1 is 1.04 bits per heavy atom. The fraction of sp³-hybridized carbons (Fsp3) is 0.382. The Hall–Kier alpha value is -3.66. The standard InChI is InChI=1S/C34H39ClN4O8S2/c1-21(32(40)39-17-5-8-27(39)33(41)42)47-28(34(43)44)15-13-23-9-11-24(12-10-23)20-36-49(45,46)30-19-29-26(18-25(30)35)37-31(38-48-29)16-14-22-6-3-2-4-7-22/h2-4,6-7,9-12,18-19,21,27-28,31,36-38H,5,8,13-17,20H2,1H3,(H,41,42)(H,43,44)/t21-,27-,28-,31?/m0/s1. The average Bonchev–Trinajstić information content (AvgIpc) is 3.59. The summed E-state index contributed by atoms with van der Waals surface area (Å²) >= 11 is 7.82. The second-order valence-electron chi connectivity index (χ2n) is 12.0. The van der Waals surface area contributed by atoms with Crippen LogP contribution in [0.4, 0.5) is 5.69 Å². The number of aliphatic carboxylic acids is 2. The van der Waals surface area contributed by atoms with Gasteiger partial charge in [-0.2, -0.15) is 0 Å². The molecule has 4 atom stereocenters. The summed E-state index contributed by atoms with van der Waals surface area (Å²) in [6.45, 7) is 1.73. The molecular weight excluding hydrogens is 692 g/mol. The van der Waals surface area contributed by atoms with Crippen LogP contribution in [0.25, 0.3) is 0 Å². The molecule has 1 fully saturated rings. The summed E-state index contributed by atoms with van der Waals surface area (Å²) in [5, 5.41) is 22.6. The Morgan fingerprint density at radius 3 is 2.43 bits per heavy atom. The van der Waals surface area contributed by atoms with E-state index in [4.69, 9.17) is 16.3 Å². The van der Waals surface area contributed by atoms with E-state index in [1.54, 1.807) is 36.4 Å². The van der Waals surface area contributed by atoms with Crippen molar-refractivity contribution in [2.24, 2.45) is 0 Å². The minimum atomic E-state index is -3.95. The van der Waals surface area contributed by atoms with Gasteiger partial charge in [-0.15, -0.1) is 0 Å². The molecule has 5 N–H and O–H groups in total. The van der Waals surface area contributed by atoms with E-state index in [1.807, 2.05) is 18.2 Å². The van der Waals surface area contributed by atoms with Gasteiger partial charge < -0.3 is 25.2 Å². The van der Waals surface area contributed by atoms with E-state index in [1.165, 1.54) is 29.3 Å². The van der Waals surface area contributed by atoms with Crippen molar-refractivity contribution in [1.82, 2.24) is 14.3 Å². The predicted molar refractivity (Wildman–Crippen MR) is 186 cm³/mol. The number of rotatable bonds is 15. The number of benzene rings is 3. The SMILES string of the molecule is C[C@H](O[C@@H](CCc1ccc(CNS(=O)(=O)c2cc3c(cc2Cl)NC(CCc2ccccc2)NS3)cc1)C(=O)O)C(=O)N1CCC[C@H]1C(=O)O. The zero-order chi connectivity index (χ0) is 35.1. The maximum atomic E-state index is 13.2. The smallest absolute Gasteiger partial charge is 0.332 e. The number of halogens is 1. The van der Waals surface area contributed by atoms with Crippen molar-refractivity contribution < 1.29 is 37.8 Å². The number of nitrogens with one attached hydrogen (secondary N) is 3. The third-order valence-electron chi connectivity index (χ3n) is 8.53. The molecule has 2 aliphatic heterocycles. The van der Waals surface area contributed by atoms with E-state index in [9.17, 15) is 33.0 Å². The molecule has 12 nitrogen and oxygen atoms in total. The van der Waals surface area contributed by atoms with E-state index in [0.717, 1.165) is 24.1 Å². The Labute approximate surface area is 294 Å². The summed E-state index contributed by atoms with van der Waals surface area (Å²) in [5.74, 6) is -2.87. The molecule has 3 aromatic carbocycles. The number of ether oxygens (including phenoxy) is 1. The number of anilines is 1. The number of hydrogen-bond donors (Lipinski definition) is 5. The molecule has 0 saturated carbocycles. The van der Waals surface area contributed by atoms with Crippen molar-refractivity contribution in [3.8, 4) is 0 Å². The lowest BCUT2D eigenvalue weighted by molar-refractivity contribution is -0.164. The molecule has 0 spiro atoms. The summed E-state index contributed by atoms with van der Waals surface area (Å²) in [7, 11) is -3.95. The lowest BCUT2D eigenvalue weighted by Gasteiger charge is -2.28. The van der Waals surface area contributed by atoms with Gasteiger partial charge in [0, 0.05) is 18.0 Å². The van der Waals surface area contributed by atoms with Crippen LogP contribution in [0.2, 0.25) is 5.02 Å². The van der Waals surface area contributed by atoms with Gasteiger partial charge >= 0.3 is 11.9 Å². The van der Waals surface area contributed by atoms with Crippen LogP contribution in [0.15, 0.2) is 76.5 Å². The lowest BCUT2D eigenvalue weighted by Crippen LogP contribution is -2.46. The maximum absolute atomic E-state index is 13.2. The first kappa shape index (κ1) is 36.6. The molecule has 0 bridgehead atoms. The van der Waals surface area contributed by atoms with E-state index in [0.29, 0.717) is 29.7 Å². The van der Waals surface area contributed by atoms with Crippen LogP contribution in [-0.4, -0.2) is 72.3 Å². The van der Waals surface area contributed by atoms with Crippen molar-refractivity contribution in [3.05, 3.63) is 88.4 Å². The molecule has 262 valence electrons. The normalized spacial score (nSPS) is 18.7. The largest absolute Gasteiger partial charge is 0.480 e. The van der Waals surface area contributed by atoms with Crippen LogP contribution in [0.5, 0.6) is 0 Å². The van der Waals surface area contributed by atoms with Gasteiger partial charge in [-0.3, -0.25) is 4.79 Å². The summed E-state index contributed by atoms with van der Waals surface area (Å²) in [6.07, 6.45) is 0.606. The average molecular weight is 731 g/mol. The number of sulfonamides is 1. The van der Waals surface area contributed by atoms with Crippen LogP contribution in [-0.2, 0) is 48.5 Å². The quantitative estimate of drug-likeness (QED) is 0.138. The predicted octanol–water partition coefficient (Wildman–Crippen LogP) is 4.67. The summed E-state index contributed by atoms with van der Waals surface area (Å²) in [6, 6.07) is 19.4. The molecule has 0 aliphatic carbocycles. The van der Waals surface area contributed by atoms with Crippen LogP contribution in [0.3, 0.4) is 0 Å². The van der Waals surface area contributed by atoms with Gasteiger partial charge in [-0.25, -0.2) is 27.5 Å². The zero-order valence-corrected chi connectivity index (χ0v) is 29.2. The highest BCUT2D eigenvalue weighted by Crippen LogP contribution is 2.37. The number of carbonyl (C=O) groups is 3. The van der Waals surface area contributed by atoms with E-state index >= 15 is 0 Å². The monoisotopic (exact) mass is 730 g/mol. The number of carbonyl (C=O) groups excluding carboxylic acids is 1. The Balaban J connectivity index is 1.12. The number of aryl methyl sites for hydroxylation is 2. The molecule has 2 aliphatic rings. The number of carboxylic acids is 2. The lowest BCUT2D eigenvalue weighted by atomic mass is 10.0. The molecule has 1 unspecified atom stereocenters. The minimum absolute atomic E-state index is 0.00948. The van der Waals surface area contributed by atoms with Gasteiger partial charge in [0.25, 0.3) is 5.91 Å². The van der Waals surface area contributed by atoms with E-state index in [-0.39, 0.29) is 35.6 Å². The Kier molecular flexibility index (Phi) is 12.2. The first-order chi connectivity index (χ1) is 23.4. The summed E-state index contributed by atoms with van der Waals surface area (Å²) < 4.78 is 38.0. The van der Waals surface area contributed by atoms with Gasteiger partial charge in [-0.1, -0.05) is 66.2 Å². The van der Waals surface area contributed by atoms with Gasteiger partial charge in [-0.05, 0) is 86.2 Å². The first-order valence-corrected chi connectivity index (χ1v) is 18.6. The van der Waals surface area contributed by atoms with Crippen LogP contribution in [0.1, 0.15) is 49.3 Å². The molecule has 1 saturated heterocycles. The highest BCUT2D eigenvalue weighted by molar-refractivity contribution is 7.97. The Bertz CT molecular complexity index is 1760. The highest BCUT2D eigenvalue weighted by atomic mass is 35.5. The highest BCUT2D eigenvalue weighted by Gasteiger charge is 2.37. The van der Waals surface area contributed by atoms with Crippen molar-refractivity contribution in [2.45, 2.75) is 86.2 Å². The number of nitrogens with zero attached hydrogens (tertiary/aromatic N) is 1. The van der Waals surface area contributed by atoms with Crippen molar-refractivity contribution in [1.29, 1.82) is 0 Å². The summed E-state index contributed by atoms with van der Waals surface area (Å²) in [4.78, 5) is 38.1. The molecule has 2 heterocycles. The second kappa shape index (κ2) is 16.4. The van der Waals surface area contributed by atoms with Crippen molar-refractivity contribution in [3.63, 3.8) is 0 Å². The van der Waals surface area contributed by atoms with Gasteiger partial charge in [0.1, 0.15) is 17.0 Å². The van der Waals surface area contributed by atoms with Gasteiger partial charge in [0.05, 0.1) is 16.9 Å². The third kappa shape index (κ3) is 9.53. The van der Waals surface area contributed by atoms with Crippen molar-refractivity contribution in [2.75, 3.05) is 11.9 Å². The molecule has 3 aromatic rings. The van der Waals surface area contributed by atoms with Gasteiger partial charge in [0.2, 0.25) is 10.0 Å². The van der Waals surface area contributed by atoms with Crippen molar-refractivity contribution >= 4 is 57.1 Å². The van der Waals surface area contributed by atoms with E-state index < -0.39 is 46.1 Å². The fourth-order valence-corrected chi connectivity index (χ4v) is 8.32. The van der Waals surface area contributed by atoms with Crippen LogP contribution >= 0.6 is 23.5 Å². The molecule has 0 radical (unpaired) electrons. The minimum Gasteiger partial charge on any atom is -0.480 e. The molecule has 49 heavy (non-hydrogen) atoms. The molecule has 1 amide bonds. The Morgan fingerprint density at radius 2 is 1.73 bits per heavy atom. The molecule has 5 rings (SSSR count). The first-order valence-electron chi connectivity index (χ1n) is 16.0. The topological polar surface area (TPSA) is 174 Å². The molecular formula is C34H39ClN4O8S2. The molecule has 0 aromatic heterocycles. The van der Waals surface area contributed by atoms with Crippen LogP contribution in [0, 0.1) is 0 Å². The number of hydrogen-bond acceptors (Lipinski definition) is 9. The second-order valence-corrected chi connectivity index (χ2v) is 15.1. The maximum Gasteiger partial charge on any atom is 0.332 e. The molecule has 15 heteroatoms. The fourth-order valence-electron chi connectivity index (χ4n) is 5.83. The number of amides is 1. The van der Waals surface area contributed by atoms with Crippen LogP contribution < -0.4 is 14.8 Å². The summed E-state index contributed by atoms with van der Waals surface area (Å²) in [5.41, 5.74) is 3.47. The van der Waals surface area contributed by atoms with E-state index in [2.05, 4.69) is 26.9 Å². The number of carboxylic acid groups (broad SMARTS) is 2. The van der Waals surface area contributed by atoms with Gasteiger partial charge in [0.15, 0.2) is 6.10 Å². The number of fused-ring (bicyclic) bond motifs is 1.